The van der Waals surface area contributed by atoms with Gasteiger partial charge in [-0.15, -0.1) is 0 Å². The van der Waals surface area contributed by atoms with Gasteiger partial charge in [0.15, 0.2) is 0 Å². The molecule has 0 aliphatic rings. The minimum Gasteiger partial charge on any atom is -0.492 e. The van der Waals surface area contributed by atoms with Gasteiger partial charge in [-0.05, 0) is 24.7 Å². The Labute approximate surface area is 108 Å². The van der Waals surface area contributed by atoms with Crippen LogP contribution in [0.5, 0.6) is 5.75 Å². The van der Waals surface area contributed by atoms with Gasteiger partial charge in [-0.25, -0.2) is 0 Å². The van der Waals surface area contributed by atoms with E-state index in [0.717, 1.165) is 31.1 Å². The fraction of sp³-hybridized carbons (Fsp3) is 0.357. The highest BCUT2D eigenvalue weighted by atomic mass is 16.5. The summed E-state index contributed by atoms with van der Waals surface area (Å²) in [5.74, 6) is 0.900. The molecule has 0 saturated carbocycles. The molecule has 0 saturated heterocycles. The maximum absolute atomic E-state index is 5.62. The number of aromatic nitrogens is 2. The normalized spacial score (nSPS) is 10.5. The number of para-hydroxylation sites is 1. The molecule has 1 aromatic carbocycles. The average Bonchev–Trinajstić information content (AvgIpc) is 2.85. The Morgan fingerprint density at radius 2 is 2.06 bits per heavy atom. The third kappa shape index (κ3) is 3.89. The highest BCUT2D eigenvalue weighted by Gasteiger charge is 1.98. The standard InChI is InChI=1S/C14H19N3O/c1-2-15-12-13-8-9-17(16-13)10-11-18-14-6-4-3-5-7-14/h3-9,15H,2,10-12H2,1H3. The van der Waals surface area contributed by atoms with Crippen molar-refractivity contribution in [1.82, 2.24) is 15.1 Å². The molecule has 4 heteroatoms. The number of hydrogen-bond donors (Lipinski definition) is 1. The van der Waals surface area contributed by atoms with Crippen molar-refractivity contribution >= 4 is 0 Å². The number of ether oxygens (including phenoxy) is 1. The van der Waals surface area contributed by atoms with Gasteiger partial charge in [0.25, 0.3) is 0 Å². The summed E-state index contributed by atoms with van der Waals surface area (Å²) >= 11 is 0. The highest BCUT2D eigenvalue weighted by Crippen LogP contribution is 2.08. The van der Waals surface area contributed by atoms with E-state index in [1.54, 1.807) is 0 Å². The van der Waals surface area contributed by atoms with Crippen molar-refractivity contribution in [2.24, 2.45) is 0 Å². The van der Waals surface area contributed by atoms with Crippen LogP contribution in [-0.2, 0) is 13.1 Å². The molecular formula is C14H19N3O. The molecule has 1 aromatic heterocycles. The van der Waals surface area contributed by atoms with Crippen LogP contribution in [0.25, 0.3) is 0 Å². The number of benzene rings is 1. The van der Waals surface area contributed by atoms with E-state index < -0.39 is 0 Å². The number of hydrogen-bond acceptors (Lipinski definition) is 3. The SMILES string of the molecule is CCNCc1ccn(CCOc2ccccc2)n1. The van der Waals surface area contributed by atoms with Crippen LogP contribution >= 0.6 is 0 Å². The average molecular weight is 245 g/mol. The third-order valence-electron chi connectivity index (χ3n) is 2.58. The molecule has 0 spiro atoms. The van der Waals surface area contributed by atoms with Crippen molar-refractivity contribution in [2.75, 3.05) is 13.2 Å². The van der Waals surface area contributed by atoms with E-state index in [4.69, 9.17) is 4.74 Å². The van der Waals surface area contributed by atoms with Crippen molar-refractivity contribution in [3.8, 4) is 5.75 Å². The molecule has 1 heterocycles. The van der Waals surface area contributed by atoms with E-state index in [2.05, 4.69) is 17.3 Å². The van der Waals surface area contributed by atoms with Gasteiger partial charge >= 0.3 is 0 Å². The van der Waals surface area contributed by atoms with Gasteiger partial charge in [-0.1, -0.05) is 25.1 Å². The van der Waals surface area contributed by atoms with Gasteiger partial charge in [0, 0.05) is 12.7 Å². The summed E-state index contributed by atoms with van der Waals surface area (Å²) in [5.41, 5.74) is 1.07. The zero-order chi connectivity index (χ0) is 12.6. The molecule has 2 aromatic rings. The number of nitrogens with zero attached hydrogens (tertiary/aromatic N) is 2. The van der Waals surface area contributed by atoms with E-state index in [1.807, 2.05) is 47.3 Å². The summed E-state index contributed by atoms with van der Waals surface area (Å²) in [6, 6.07) is 11.9. The number of nitrogens with one attached hydrogen (secondary N) is 1. The lowest BCUT2D eigenvalue weighted by Gasteiger charge is -2.05. The van der Waals surface area contributed by atoms with E-state index in [-0.39, 0.29) is 0 Å². The van der Waals surface area contributed by atoms with E-state index >= 15 is 0 Å². The summed E-state index contributed by atoms with van der Waals surface area (Å²) < 4.78 is 7.54. The molecule has 18 heavy (non-hydrogen) atoms. The zero-order valence-corrected chi connectivity index (χ0v) is 10.7. The van der Waals surface area contributed by atoms with Gasteiger partial charge in [0.2, 0.25) is 0 Å². The minimum absolute atomic E-state index is 0.631. The van der Waals surface area contributed by atoms with Crippen molar-refractivity contribution in [2.45, 2.75) is 20.0 Å². The Hall–Kier alpha value is -1.81. The second-order valence-corrected chi connectivity index (χ2v) is 4.01. The number of rotatable bonds is 7. The lowest BCUT2D eigenvalue weighted by Crippen LogP contribution is -2.13. The summed E-state index contributed by atoms with van der Waals surface area (Å²) in [4.78, 5) is 0. The molecule has 0 amide bonds. The third-order valence-corrected chi connectivity index (χ3v) is 2.58. The van der Waals surface area contributed by atoms with Crippen molar-refractivity contribution in [3.05, 3.63) is 48.3 Å². The first-order valence-corrected chi connectivity index (χ1v) is 6.29. The summed E-state index contributed by atoms with van der Waals surface area (Å²) in [6.45, 7) is 5.27. The van der Waals surface area contributed by atoms with Crippen molar-refractivity contribution < 1.29 is 4.74 Å². The molecular weight excluding hydrogens is 226 g/mol. The maximum Gasteiger partial charge on any atom is 0.119 e. The predicted octanol–water partition coefficient (Wildman–Crippen LogP) is 2.07. The van der Waals surface area contributed by atoms with Crippen LogP contribution in [-0.4, -0.2) is 22.9 Å². The van der Waals surface area contributed by atoms with E-state index in [9.17, 15) is 0 Å². The molecule has 0 bridgehead atoms. The summed E-state index contributed by atoms with van der Waals surface area (Å²) in [7, 11) is 0. The zero-order valence-electron chi connectivity index (χ0n) is 10.7. The molecule has 96 valence electrons. The van der Waals surface area contributed by atoms with Gasteiger partial charge in [0.1, 0.15) is 12.4 Å². The molecule has 0 atom stereocenters. The smallest absolute Gasteiger partial charge is 0.119 e. The van der Waals surface area contributed by atoms with Gasteiger partial charge in [0.05, 0.1) is 12.2 Å². The van der Waals surface area contributed by atoms with Crippen molar-refractivity contribution in [1.29, 1.82) is 0 Å². The van der Waals surface area contributed by atoms with Crippen LogP contribution in [0.2, 0.25) is 0 Å². The van der Waals surface area contributed by atoms with Crippen LogP contribution in [0.1, 0.15) is 12.6 Å². The Bertz CT molecular complexity index is 453. The van der Waals surface area contributed by atoms with E-state index in [0.29, 0.717) is 6.61 Å². The van der Waals surface area contributed by atoms with Crippen LogP contribution in [0, 0.1) is 0 Å². The van der Waals surface area contributed by atoms with Gasteiger partial charge in [-0.3, -0.25) is 4.68 Å². The summed E-state index contributed by atoms with van der Waals surface area (Å²) in [6.07, 6.45) is 1.99. The van der Waals surface area contributed by atoms with E-state index in [1.165, 1.54) is 0 Å². The lowest BCUT2D eigenvalue weighted by molar-refractivity contribution is 0.291. The molecule has 0 radical (unpaired) electrons. The van der Waals surface area contributed by atoms with Crippen LogP contribution < -0.4 is 10.1 Å². The molecule has 0 fully saturated rings. The predicted molar refractivity (Wildman–Crippen MR) is 71.5 cm³/mol. The Kier molecular flexibility index (Phi) is 4.78. The second-order valence-electron chi connectivity index (χ2n) is 4.01. The van der Waals surface area contributed by atoms with Crippen molar-refractivity contribution in [3.63, 3.8) is 0 Å². The molecule has 1 N–H and O–H groups in total. The second kappa shape index (κ2) is 6.81. The first-order valence-electron chi connectivity index (χ1n) is 6.29. The Morgan fingerprint density at radius 1 is 1.22 bits per heavy atom. The van der Waals surface area contributed by atoms with Gasteiger partial charge in [-0.2, -0.15) is 5.10 Å². The first kappa shape index (κ1) is 12.6. The fourth-order valence-corrected chi connectivity index (χ4v) is 1.65. The molecule has 0 unspecified atom stereocenters. The maximum atomic E-state index is 5.62. The lowest BCUT2D eigenvalue weighted by atomic mass is 10.3. The van der Waals surface area contributed by atoms with Crippen LogP contribution in [0.4, 0.5) is 0 Å². The molecule has 2 rings (SSSR count). The Balaban J connectivity index is 1.75. The first-order chi connectivity index (χ1) is 8.88. The minimum atomic E-state index is 0.631. The molecule has 0 aliphatic carbocycles. The fourth-order valence-electron chi connectivity index (χ4n) is 1.65. The monoisotopic (exact) mass is 245 g/mol. The molecule has 4 nitrogen and oxygen atoms in total. The quantitative estimate of drug-likeness (QED) is 0.811. The highest BCUT2D eigenvalue weighted by molar-refractivity contribution is 5.20. The largest absolute Gasteiger partial charge is 0.492 e. The van der Waals surface area contributed by atoms with Crippen LogP contribution in [0.3, 0.4) is 0 Å². The summed E-state index contributed by atoms with van der Waals surface area (Å²) in [5, 5.41) is 7.71. The topological polar surface area (TPSA) is 39.1 Å². The van der Waals surface area contributed by atoms with Crippen LogP contribution in [0.15, 0.2) is 42.6 Å². The Morgan fingerprint density at radius 3 is 2.83 bits per heavy atom. The molecule has 0 aliphatic heterocycles. The van der Waals surface area contributed by atoms with Gasteiger partial charge < -0.3 is 10.1 Å².